The van der Waals surface area contributed by atoms with Crippen LogP contribution >= 0.6 is 23.4 Å². The molecule has 1 fully saturated rings. The number of thioether (sulfide) groups is 1. The third kappa shape index (κ3) is 2.10. The van der Waals surface area contributed by atoms with Crippen molar-refractivity contribution in [3.63, 3.8) is 0 Å². The van der Waals surface area contributed by atoms with Crippen LogP contribution in [0.5, 0.6) is 0 Å². The summed E-state index contributed by atoms with van der Waals surface area (Å²) in [6, 6.07) is 4.27. The summed E-state index contributed by atoms with van der Waals surface area (Å²) < 4.78 is 5.62. The molecule has 2 nitrogen and oxygen atoms in total. The maximum atomic E-state index is 5.68. The van der Waals surface area contributed by atoms with Crippen molar-refractivity contribution in [2.24, 2.45) is 0 Å². The van der Waals surface area contributed by atoms with E-state index in [1.165, 1.54) is 5.75 Å². The largest absolute Gasteiger partial charge is 0.448 e. The fraction of sp³-hybridized carbons (Fsp3) is 0.600. The van der Waals surface area contributed by atoms with E-state index in [0.717, 1.165) is 12.3 Å². The maximum absolute atomic E-state index is 5.68. The molecule has 0 bridgehead atoms. The third-order valence-corrected chi connectivity index (χ3v) is 4.34. The molecule has 0 spiro atoms. The molecule has 0 radical (unpaired) electrons. The SMILES string of the molecule is CC1(C)SCC1NCc1ccc(Cl)o1. The molecular weight excluding hydrogens is 218 g/mol. The molecule has 0 aromatic carbocycles. The number of hydrogen-bond acceptors (Lipinski definition) is 3. The molecule has 0 aliphatic carbocycles. The summed E-state index contributed by atoms with van der Waals surface area (Å²) in [6.45, 7) is 5.28. The van der Waals surface area contributed by atoms with E-state index in [4.69, 9.17) is 16.0 Å². The molecule has 0 saturated carbocycles. The van der Waals surface area contributed by atoms with Gasteiger partial charge in [0.2, 0.25) is 0 Å². The molecule has 1 aromatic rings. The summed E-state index contributed by atoms with van der Waals surface area (Å²) in [5, 5.41) is 3.93. The van der Waals surface area contributed by atoms with Gasteiger partial charge in [0.15, 0.2) is 5.22 Å². The number of rotatable bonds is 3. The second kappa shape index (κ2) is 3.80. The molecule has 1 aliphatic heterocycles. The zero-order chi connectivity index (χ0) is 10.2. The van der Waals surface area contributed by atoms with Crippen LogP contribution in [0.2, 0.25) is 5.22 Å². The van der Waals surface area contributed by atoms with Crippen LogP contribution < -0.4 is 5.32 Å². The van der Waals surface area contributed by atoms with E-state index in [2.05, 4.69) is 19.2 Å². The quantitative estimate of drug-likeness (QED) is 0.866. The van der Waals surface area contributed by atoms with Gasteiger partial charge >= 0.3 is 0 Å². The average molecular weight is 232 g/mol. The van der Waals surface area contributed by atoms with Gasteiger partial charge in [-0.05, 0) is 37.6 Å². The van der Waals surface area contributed by atoms with Crippen molar-refractivity contribution >= 4 is 23.4 Å². The molecule has 1 N–H and O–H groups in total. The fourth-order valence-corrected chi connectivity index (χ4v) is 2.84. The molecule has 1 aromatic heterocycles. The Morgan fingerprint density at radius 1 is 1.64 bits per heavy atom. The lowest BCUT2D eigenvalue weighted by Gasteiger charge is -2.44. The second-order valence-electron chi connectivity index (χ2n) is 4.05. The predicted octanol–water partition coefficient (Wildman–Crippen LogP) is 2.92. The number of nitrogens with one attached hydrogen (secondary N) is 1. The third-order valence-electron chi connectivity index (χ3n) is 2.61. The second-order valence-corrected chi connectivity index (χ2v) is 6.10. The lowest BCUT2D eigenvalue weighted by Crippen LogP contribution is -2.54. The van der Waals surface area contributed by atoms with Gasteiger partial charge in [0, 0.05) is 16.5 Å². The van der Waals surface area contributed by atoms with Crippen molar-refractivity contribution in [1.82, 2.24) is 5.32 Å². The lowest BCUT2D eigenvalue weighted by atomic mass is 10.0. The highest BCUT2D eigenvalue weighted by molar-refractivity contribution is 8.02. The molecule has 1 aliphatic rings. The highest BCUT2D eigenvalue weighted by Crippen LogP contribution is 2.39. The summed E-state index contributed by atoms with van der Waals surface area (Å²) in [6.07, 6.45) is 0. The van der Waals surface area contributed by atoms with Crippen molar-refractivity contribution in [1.29, 1.82) is 0 Å². The predicted molar refractivity (Wildman–Crippen MR) is 60.9 cm³/mol. The molecule has 2 heterocycles. The molecule has 1 atom stereocenters. The van der Waals surface area contributed by atoms with E-state index in [9.17, 15) is 0 Å². The molecule has 4 heteroatoms. The van der Waals surface area contributed by atoms with Gasteiger partial charge < -0.3 is 9.73 Å². The Balaban J connectivity index is 1.83. The molecule has 2 rings (SSSR count). The van der Waals surface area contributed by atoms with Crippen LogP contribution in [0.4, 0.5) is 0 Å². The summed E-state index contributed by atoms with van der Waals surface area (Å²) in [7, 11) is 0. The van der Waals surface area contributed by atoms with Crippen LogP contribution in [0.25, 0.3) is 0 Å². The Bertz CT molecular complexity index is 324. The van der Waals surface area contributed by atoms with Gasteiger partial charge in [-0.1, -0.05) is 0 Å². The van der Waals surface area contributed by atoms with E-state index in [1.807, 2.05) is 17.8 Å². The minimum absolute atomic E-state index is 0.358. The van der Waals surface area contributed by atoms with Crippen LogP contribution in [-0.2, 0) is 6.54 Å². The standard InChI is InChI=1S/C10H14ClNOS/c1-10(2)8(6-14-10)12-5-7-3-4-9(11)13-7/h3-4,8,12H,5-6H2,1-2H3. The molecule has 1 unspecified atom stereocenters. The molecule has 1 saturated heterocycles. The minimum Gasteiger partial charge on any atom is -0.448 e. The summed E-state index contributed by atoms with van der Waals surface area (Å²) >= 11 is 7.67. The number of hydrogen-bond donors (Lipinski definition) is 1. The Kier molecular flexibility index (Phi) is 2.82. The van der Waals surface area contributed by atoms with Gasteiger partial charge in [-0.2, -0.15) is 11.8 Å². The maximum Gasteiger partial charge on any atom is 0.193 e. The number of halogens is 1. The normalized spacial score (nSPS) is 24.6. The first-order chi connectivity index (χ1) is 6.58. The van der Waals surface area contributed by atoms with Crippen LogP contribution in [0.3, 0.4) is 0 Å². The van der Waals surface area contributed by atoms with Gasteiger partial charge in [0.1, 0.15) is 5.76 Å². The van der Waals surface area contributed by atoms with Crippen molar-refractivity contribution in [3.8, 4) is 0 Å². The highest BCUT2D eigenvalue weighted by atomic mass is 35.5. The van der Waals surface area contributed by atoms with Gasteiger partial charge in [-0.3, -0.25) is 0 Å². The van der Waals surface area contributed by atoms with E-state index >= 15 is 0 Å². The molecular formula is C10H14ClNOS. The van der Waals surface area contributed by atoms with Crippen LogP contribution in [0.1, 0.15) is 19.6 Å². The lowest BCUT2D eigenvalue weighted by molar-refractivity contribution is 0.403. The molecule has 78 valence electrons. The van der Waals surface area contributed by atoms with Crippen molar-refractivity contribution < 1.29 is 4.42 Å². The average Bonchev–Trinajstić information content (AvgIpc) is 2.50. The molecule has 14 heavy (non-hydrogen) atoms. The zero-order valence-corrected chi connectivity index (χ0v) is 9.91. The molecule has 0 amide bonds. The van der Waals surface area contributed by atoms with Crippen LogP contribution in [0, 0.1) is 0 Å². The fourth-order valence-electron chi connectivity index (χ4n) is 1.48. The minimum atomic E-state index is 0.358. The van der Waals surface area contributed by atoms with E-state index in [-0.39, 0.29) is 0 Å². The van der Waals surface area contributed by atoms with Gasteiger partial charge in [0.05, 0.1) is 6.54 Å². The van der Waals surface area contributed by atoms with Crippen LogP contribution in [-0.4, -0.2) is 16.5 Å². The Labute approximate surface area is 93.4 Å². The van der Waals surface area contributed by atoms with Crippen molar-refractivity contribution in [2.45, 2.75) is 31.2 Å². The smallest absolute Gasteiger partial charge is 0.193 e. The first-order valence-electron chi connectivity index (χ1n) is 4.69. The first-order valence-corrected chi connectivity index (χ1v) is 6.06. The Hall–Kier alpha value is -0.120. The summed E-state index contributed by atoms with van der Waals surface area (Å²) in [5.74, 6) is 2.09. The monoisotopic (exact) mass is 231 g/mol. The van der Waals surface area contributed by atoms with Gasteiger partial charge in [-0.25, -0.2) is 0 Å². The first kappa shape index (κ1) is 10.4. The van der Waals surface area contributed by atoms with Crippen molar-refractivity contribution in [2.75, 3.05) is 5.75 Å². The summed E-state index contributed by atoms with van der Waals surface area (Å²) in [5.41, 5.74) is 0. The van der Waals surface area contributed by atoms with E-state index < -0.39 is 0 Å². The number of furan rings is 1. The highest BCUT2D eigenvalue weighted by Gasteiger charge is 2.38. The topological polar surface area (TPSA) is 25.2 Å². The Morgan fingerprint density at radius 2 is 2.43 bits per heavy atom. The van der Waals surface area contributed by atoms with E-state index in [1.54, 1.807) is 6.07 Å². The van der Waals surface area contributed by atoms with Crippen LogP contribution in [0.15, 0.2) is 16.5 Å². The Morgan fingerprint density at radius 3 is 2.86 bits per heavy atom. The van der Waals surface area contributed by atoms with E-state index in [0.29, 0.717) is 16.0 Å². The van der Waals surface area contributed by atoms with Gasteiger partial charge in [0.25, 0.3) is 0 Å². The zero-order valence-electron chi connectivity index (χ0n) is 8.34. The van der Waals surface area contributed by atoms with Gasteiger partial charge in [-0.15, -0.1) is 0 Å². The summed E-state index contributed by atoms with van der Waals surface area (Å²) in [4.78, 5) is 0. The van der Waals surface area contributed by atoms with Crippen molar-refractivity contribution in [3.05, 3.63) is 23.1 Å².